The molecule has 3 rings (SSSR count). The Bertz CT molecular complexity index is 772. The summed E-state index contributed by atoms with van der Waals surface area (Å²) >= 11 is 0. The lowest BCUT2D eigenvalue weighted by Gasteiger charge is -2.23. The standard InChI is InChI=1S/C17H23N3O4S/c1-20(14-7-9-25(23,24)11-14)17(22)12-6-8-18-15(10-12)16(21)19-13-4-2-3-5-13/h6,8,10,13-14H,2-5,7,9,11H2,1H3,(H,19,21). The molecular weight excluding hydrogens is 342 g/mol. The monoisotopic (exact) mass is 365 g/mol. The molecule has 2 heterocycles. The topological polar surface area (TPSA) is 96.4 Å². The minimum Gasteiger partial charge on any atom is -0.348 e. The number of pyridine rings is 1. The number of carbonyl (C=O) groups excluding carboxylic acids is 2. The fraction of sp³-hybridized carbons (Fsp3) is 0.588. The van der Waals surface area contributed by atoms with Crippen molar-refractivity contribution in [3.8, 4) is 0 Å². The highest BCUT2D eigenvalue weighted by atomic mass is 32.2. The quantitative estimate of drug-likeness (QED) is 0.859. The fourth-order valence-corrected chi connectivity index (χ4v) is 5.24. The lowest BCUT2D eigenvalue weighted by molar-refractivity contribution is 0.0747. The van der Waals surface area contributed by atoms with Crippen LogP contribution in [-0.4, -0.2) is 60.8 Å². The van der Waals surface area contributed by atoms with Gasteiger partial charge >= 0.3 is 0 Å². The molecule has 1 saturated carbocycles. The molecule has 7 nitrogen and oxygen atoms in total. The van der Waals surface area contributed by atoms with E-state index in [0.717, 1.165) is 25.7 Å². The van der Waals surface area contributed by atoms with Crippen molar-refractivity contribution in [2.45, 2.75) is 44.2 Å². The van der Waals surface area contributed by atoms with Crippen molar-refractivity contribution in [3.05, 3.63) is 29.6 Å². The van der Waals surface area contributed by atoms with Crippen molar-refractivity contribution in [3.63, 3.8) is 0 Å². The zero-order valence-electron chi connectivity index (χ0n) is 14.3. The maximum absolute atomic E-state index is 12.6. The molecule has 0 aromatic carbocycles. The number of hydrogen-bond acceptors (Lipinski definition) is 5. The Labute approximate surface area is 147 Å². The molecule has 25 heavy (non-hydrogen) atoms. The molecule has 2 fully saturated rings. The number of nitrogens with zero attached hydrogens (tertiary/aromatic N) is 2. The molecular formula is C17H23N3O4S. The van der Waals surface area contributed by atoms with Crippen LogP contribution in [-0.2, 0) is 9.84 Å². The normalized spacial score (nSPS) is 22.7. The zero-order valence-corrected chi connectivity index (χ0v) is 15.1. The number of nitrogens with one attached hydrogen (secondary N) is 1. The van der Waals surface area contributed by atoms with E-state index in [9.17, 15) is 18.0 Å². The van der Waals surface area contributed by atoms with E-state index >= 15 is 0 Å². The molecule has 136 valence electrons. The van der Waals surface area contributed by atoms with Crippen LogP contribution in [0, 0.1) is 0 Å². The van der Waals surface area contributed by atoms with Gasteiger partial charge in [0.25, 0.3) is 11.8 Å². The highest BCUT2D eigenvalue weighted by Gasteiger charge is 2.33. The smallest absolute Gasteiger partial charge is 0.270 e. The van der Waals surface area contributed by atoms with E-state index in [2.05, 4.69) is 10.3 Å². The molecule has 0 radical (unpaired) electrons. The lowest BCUT2D eigenvalue weighted by Crippen LogP contribution is -2.38. The van der Waals surface area contributed by atoms with Crippen molar-refractivity contribution >= 4 is 21.7 Å². The SMILES string of the molecule is CN(C(=O)c1ccnc(C(=O)NC2CCCC2)c1)C1CCS(=O)(=O)C1. The van der Waals surface area contributed by atoms with E-state index in [1.807, 2.05) is 0 Å². The molecule has 1 aromatic rings. The summed E-state index contributed by atoms with van der Waals surface area (Å²) in [5, 5.41) is 2.95. The molecule has 0 spiro atoms. The van der Waals surface area contributed by atoms with Gasteiger partial charge in [0.15, 0.2) is 9.84 Å². The summed E-state index contributed by atoms with van der Waals surface area (Å²) in [6, 6.07) is 2.89. The number of carbonyl (C=O) groups is 2. The van der Waals surface area contributed by atoms with Crippen molar-refractivity contribution in [1.82, 2.24) is 15.2 Å². The van der Waals surface area contributed by atoms with E-state index < -0.39 is 9.84 Å². The fourth-order valence-electron chi connectivity index (χ4n) is 3.47. The maximum Gasteiger partial charge on any atom is 0.270 e. The van der Waals surface area contributed by atoms with Crippen LogP contribution in [0.15, 0.2) is 18.3 Å². The highest BCUT2D eigenvalue weighted by molar-refractivity contribution is 7.91. The average molecular weight is 365 g/mol. The van der Waals surface area contributed by atoms with Crippen LogP contribution >= 0.6 is 0 Å². The Kier molecular flexibility index (Phi) is 5.08. The van der Waals surface area contributed by atoms with Crippen LogP contribution in [0.2, 0.25) is 0 Å². The van der Waals surface area contributed by atoms with Gasteiger partial charge in [-0.2, -0.15) is 0 Å². The van der Waals surface area contributed by atoms with Gasteiger partial charge in [0.05, 0.1) is 11.5 Å². The molecule has 8 heteroatoms. The highest BCUT2D eigenvalue weighted by Crippen LogP contribution is 2.20. The maximum atomic E-state index is 12.6. The van der Waals surface area contributed by atoms with Crippen LogP contribution in [0.5, 0.6) is 0 Å². The minimum absolute atomic E-state index is 0.00462. The van der Waals surface area contributed by atoms with Gasteiger partial charge in [-0.05, 0) is 31.4 Å². The summed E-state index contributed by atoms with van der Waals surface area (Å²) in [5.41, 5.74) is 0.559. The third-order valence-electron chi connectivity index (χ3n) is 5.01. The van der Waals surface area contributed by atoms with Gasteiger partial charge in [0.1, 0.15) is 5.69 Å². The van der Waals surface area contributed by atoms with Crippen molar-refractivity contribution < 1.29 is 18.0 Å². The Morgan fingerprint density at radius 2 is 1.96 bits per heavy atom. The molecule has 1 aliphatic heterocycles. The lowest BCUT2D eigenvalue weighted by atomic mass is 10.1. The summed E-state index contributed by atoms with van der Waals surface area (Å²) in [7, 11) is -1.46. The third kappa shape index (κ3) is 4.18. The van der Waals surface area contributed by atoms with Crippen LogP contribution in [0.25, 0.3) is 0 Å². The van der Waals surface area contributed by atoms with E-state index in [0.29, 0.717) is 12.0 Å². The van der Waals surface area contributed by atoms with Crippen LogP contribution in [0.4, 0.5) is 0 Å². The van der Waals surface area contributed by atoms with Gasteiger partial charge in [-0.15, -0.1) is 0 Å². The van der Waals surface area contributed by atoms with Crippen molar-refractivity contribution in [2.75, 3.05) is 18.6 Å². The van der Waals surface area contributed by atoms with Gasteiger partial charge in [-0.1, -0.05) is 12.8 Å². The third-order valence-corrected chi connectivity index (χ3v) is 6.76. The second-order valence-electron chi connectivity index (χ2n) is 6.86. The Morgan fingerprint density at radius 1 is 1.24 bits per heavy atom. The predicted octanol–water partition coefficient (Wildman–Crippen LogP) is 1.01. The van der Waals surface area contributed by atoms with Gasteiger partial charge in [0.2, 0.25) is 0 Å². The first-order chi connectivity index (χ1) is 11.9. The van der Waals surface area contributed by atoms with Crippen LogP contribution < -0.4 is 5.32 Å². The van der Waals surface area contributed by atoms with Gasteiger partial charge < -0.3 is 10.2 Å². The summed E-state index contributed by atoms with van der Waals surface area (Å²) in [4.78, 5) is 30.5. The molecule has 1 atom stereocenters. The first-order valence-electron chi connectivity index (χ1n) is 8.60. The molecule has 1 saturated heterocycles. The molecule has 1 N–H and O–H groups in total. The van der Waals surface area contributed by atoms with E-state index in [1.165, 1.54) is 17.2 Å². The number of hydrogen-bond donors (Lipinski definition) is 1. The van der Waals surface area contributed by atoms with Gasteiger partial charge in [-0.3, -0.25) is 14.6 Å². The first kappa shape index (κ1) is 17.8. The summed E-state index contributed by atoms with van der Waals surface area (Å²) < 4.78 is 23.2. The average Bonchev–Trinajstić information content (AvgIpc) is 3.22. The number of aromatic nitrogens is 1. The summed E-state index contributed by atoms with van der Waals surface area (Å²) in [6.07, 6.45) is 6.07. The summed E-state index contributed by atoms with van der Waals surface area (Å²) in [6.45, 7) is 0. The Morgan fingerprint density at radius 3 is 2.60 bits per heavy atom. The van der Waals surface area contributed by atoms with Crippen molar-refractivity contribution in [1.29, 1.82) is 0 Å². The largest absolute Gasteiger partial charge is 0.348 e. The Balaban J connectivity index is 1.69. The van der Waals surface area contributed by atoms with E-state index in [-0.39, 0.29) is 41.1 Å². The molecule has 1 aliphatic carbocycles. The Hall–Kier alpha value is -1.96. The number of amides is 2. The predicted molar refractivity (Wildman–Crippen MR) is 93.1 cm³/mol. The molecule has 2 aliphatic rings. The molecule has 0 bridgehead atoms. The molecule has 1 aromatic heterocycles. The van der Waals surface area contributed by atoms with E-state index in [1.54, 1.807) is 13.1 Å². The zero-order chi connectivity index (χ0) is 18.0. The molecule has 1 unspecified atom stereocenters. The summed E-state index contributed by atoms with van der Waals surface area (Å²) in [5.74, 6) is -0.456. The number of rotatable bonds is 4. The number of sulfone groups is 1. The molecule has 2 amide bonds. The van der Waals surface area contributed by atoms with Crippen molar-refractivity contribution in [2.24, 2.45) is 0 Å². The van der Waals surface area contributed by atoms with Gasteiger partial charge in [-0.25, -0.2) is 8.42 Å². The van der Waals surface area contributed by atoms with Gasteiger partial charge in [0, 0.05) is 30.9 Å². The minimum atomic E-state index is -3.06. The van der Waals surface area contributed by atoms with Crippen LogP contribution in [0.1, 0.15) is 53.0 Å². The second-order valence-corrected chi connectivity index (χ2v) is 9.09. The second kappa shape index (κ2) is 7.11. The van der Waals surface area contributed by atoms with E-state index in [4.69, 9.17) is 0 Å². The van der Waals surface area contributed by atoms with Crippen LogP contribution in [0.3, 0.4) is 0 Å². The first-order valence-corrected chi connectivity index (χ1v) is 10.4.